The van der Waals surface area contributed by atoms with E-state index in [2.05, 4.69) is 10.3 Å². The number of carbonyl (C=O) groups is 1. The van der Waals surface area contributed by atoms with Gasteiger partial charge in [-0.25, -0.2) is 4.39 Å². The third kappa shape index (κ3) is 2.79. The van der Waals surface area contributed by atoms with Crippen LogP contribution in [0.4, 0.5) is 4.39 Å². The molecule has 0 spiro atoms. The second-order valence-electron chi connectivity index (χ2n) is 5.33. The van der Waals surface area contributed by atoms with Crippen LogP contribution in [0.1, 0.15) is 30.1 Å². The molecule has 1 aliphatic heterocycles. The molecule has 0 radical (unpaired) electrons. The van der Waals surface area contributed by atoms with Crippen molar-refractivity contribution in [3.63, 3.8) is 0 Å². The van der Waals surface area contributed by atoms with Crippen molar-refractivity contribution in [2.75, 3.05) is 6.54 Å². The van der Waals surface area contributed by atoms with Gasteiger partial charge in [0.2, 0.25) is 5.91 Å². The molecule has 1 aromatic carbocycles. The summed E-state index contributed by atoms with van der Waals surface area (Å²) < 4.78 is 15.0. The highest BCUT2D eigenvalue weighted by Crippen LogP contribution is 2.32. The van der Waals surface area contributed by atoms with E-state index in [1.807, 2.05) is 11.0 Å². The molecule has 1 aromatic heterocycles. The Labute approximate surface area is 122 Å². The first-order valence-electron chi connectivity index (χ1n) is 7.03. The van der Waals surface area contributed by atoms with Gasteiger partial charge in [0, 0.05) is 13.6 Å². The van der Waals surface area contributed by atoms with E-state index in [-0.39, 0.29) is 24.2 Å². The largest absolute Gasteiger partial charge is 0.335 e. The molecular formula is C15H17FN4O. The van der Waals surface area contributed by atoms with Gasteiger partial charge in [0.15, 0.2) is 0 Å². The Hall–Kier alpha value is -2.24. The molecule has 1 unspecified atom stereocenters. The topological polar surface area (TPSA) is 51.0 Å². The maximum absolute atomic E-state index is 13.4. The number of amides is 1. The molecule has 5 nitrogen and oxygen atoms in total. The lowest BCUT2D eigenvalue weighted by atomic mass is 10.0. The Morgan fingerprint density at radius 1 is 1.48 bits per heavy atom. The van der Waals surface area contributed by atoms with Crippen LogP contribution < -0.4 is 0 Å². The number of carbonyl (C=O) groups excluding carboxylic acids is 1. The SMILES string of the molecule is Cn1nncc1CC(=O)N1CCCC1c1cccc(F)c1. The summed E-state index contributed by atoms with van der Waals surface area (Å²) in [5, 5.41) is 7.61. The molecule has 2 aromatic rings. The smallest absolute Gasteiger partial charge is 0.229 e. The first-order valence-corrected chi connectivity index (χ1v) is 7.03. The van der Waals surface area contributed by atoms with Crippen molar-refractivity contribution in [1.82, 2.24) is 19.9 Å². The molecule has 1 atom stereocenters. The second-order valence-corrected chi connectivity index (χ2v) is 5.33. The maximum Gasteiger partial charge on any atom is 0.229 e. The number of rotatable bonds is 3. The van der Waals surface area contributed by atoms with Crippen LogP contribution >= 0.6 is 0 Å². The minimum atomic E-state index is -0.261. The molecule has 0 saturated carbocycles. The van der Waals surface area contributed by atoms with Gasteiger partial charge in [0.05, 0.1) is 24.4 Å². The van der Waals surface area contributed by atoms with Gasteiger partial charge in [-0.3, -0.25) is 9.48 Å². The molecule has 1 saturated heterocycles. The summed E-state index contributed by atoms with van der Waals surface area (Å²) in [6, 6.07) is 6.48. The normalized spacial score (nSPS) is 18.2. The summed E-state index contributed by atoms with van der Waals surface area (Å²) in [4.78, 5) is 14.3. The van der Waals surface area contributed by atoms with Crippen molar-refractivity contribution in [3.8, 4) is 0 Å². The average Bonchev–Trinajstić information content (AvgIpc) is 3.08. The predicted octanol–water partition coefficient (Wildman–Crippen LogP) is 1.86. The molecule has 2 heterocycles. The van der Waals surface area contributed by atoms with Gasteiger partial charge in [0.1, 0.15) is 5.82 Å². The highest BCUT2D eigenvalue weighted by Gasteiger charge is 2.30. The first kappa shape index (κ1) is 13.7. The summed E-state index contributed by atoms with van der Waals surface area (Å²) in [5.41, 5.74) is 1.65. The molecular weight excluding hydrogens is 271 g/mol. The minimum Gasteiger partial charge on any atom is -0.335 e. The van der Waals surface area contributed by atoms with E-state index in [4.69, 9.17) is 0 Å². The zero-order chi connectivity index (χ0) is 14.8. The van der Waals surface area contributed by atoms with E-state index < -0.39 is 0 Å². The number of aromatic nitrogens is 3. The van der Waals surface area contributed by atoms with Crippen LogP contribution in [0.25, 0.3) is 0 Å². The van der Waals surface area contributed by atoms with Crippen LogP contribution in [-0.2, 0) is 18.3 Å². The van der Waals surface area contributed by atoms with Gasteiger partial charge in [-0.15, -0.1) is 5.10 Å². The molecule has 1 amide bonds. The average molecular weight is 288 g/mol. The van der Waals surface area contributed by atoms with Gasteiger partial charge < -0.3 is 4.90 Å². The second kappa shape index (κ2) is 5.63. The number of halogens is 1. The van der Waals surface area contributed by atoms with E-state index in [0.717, 1.165) is 24.1 Å². The van der Waals surface area contributed by atoms with Crippen LogP contribution in [0.5, 0.6) is 0 Å². The highest BCUT2D eigenvalue weighted by atomic mass is 19.1. The lowest BCUT2D eigenvalue weighted by Gasteiger charge is -2.25. The molecule has 3 rings (SSSR count). The molecule has 6 heteroatoms. The number of likely N-dealkylation sites (tertiary alicyclic amines) is 1. The van der Waals surface area contributed by atoms with Crippen molar-refractivity contribution in [2.24, 2.45) is 7.05 Å². The fourth-order valence-corrected chi connectivity index (χ4v) is 2.85. The summed E-state index contributed by atoms with van der Waals surface area (Å²) in [7, 11) is 1.77. The summed E-state index contributed by atoms with van der Waals surface area (Å²) in [5.74, 6) is -0.227. The zero-order valence-corrected chi connectivity index (χ0v) is 11.9. The van der Waals surface area contributed by atoms with Crippen LogP contribution in [0, 0.1) is 5.82 Å². The zero-order valence-electron chi connectivity index (χ0n) is 11.9. The Morgan fingerprint density at radius 3 is 3.05 bits per heavy atom. The molecule has 1 fully saturated rings. The number of hydrogen-bond donors (Lipinski definition) is 0. The molecule has 21 heavy (non-hydrogen) atoms. The number of hydrogen-bond acceptors (Lipinski definition) is 3. The fourth-order valence-electron chi connectivity index (χ4n) is 2.85. The third-order valence-electron chi connectivity index (χ3n) is 3.95. The third-order valence-corrected chi connectivity index (χ3v) is 3.95. The Bertz CT molecular complexity index is 655. The lowest BCUT2D eigenvalue weighted by Crippen LogP contribution is -2.32. The first-order chi connectivity index (χ1) is 10.1. The number of nitrogens with zero attached hydrogens (tertiary/aromatic N) is 4. The van der Waals surface area contributed by atoms with E-state index >= 15 is 0 Å². The van der Waals surface area contributed by atoms with Crippen LogP contribution in [-0.4, -0.2) is 32.3 Å². The van der Waals surface area contributed by atoms with E-state index in [1.54, 1.807) is 24.0 Å². The lowest BCUT2D eigenvalue weighted by molar-refractivity contribution is -0.131. The number of aryl methyl sites for hydroxylation is 1. The van der Waals surface area contributed by atoms with E-state index in [0.29, 0.717) is 6.54 Å². The van der Waals surface area contributed by atoms with Crippen molar-refractivity contribution in [2.45, 2.75) is 25.3 Å². The van der Waals surface area contributed by atoms with Gasteiger partial charge >= 0.3 is 0 Å². The van der Waals surface area contributed by atoms with Crippen LogP contribution in [0.15, 0.2) is 30.5 Å². The summed E-state index contributed by atoms with van der Waals surface area (Å²) >= 11 is 0. The molecule has 1 aliphatic rings. The van der Waals surface area contributed by atoms with Crippen molar-refractivity contribution < 1.29 is 9.18 Å². The number of benzene rings is 1. The van der Waals surface area contributed by atoms with Crippen LogP contribution in [0.2, 0.25) is 0 Å². The van der Waals surface area contributed by atoms with Crippen molar-refractivity contribution in [1.29, 1.82) is 0 Å². The fraction of sp³-hybridized carbons (Fsp3) is 0.400. The van der Waals surface area contributed by atoms with E-state index in [1.165, 1.54) is 12.1 Å². The molecule has 110 valence electrons. The Kier molecular flexibility index (Phi) is 3.68. The minimum absolute atomic E-state index is 0.0330. The van der Waals surface area contributed by atoms with Crippen molar-refractivity contribution in [3.05, 3.63) is 47.5 Å². The maximum atomic E-state index is 13.4. The van der Waals surface area contributed by atoms with Crippen LogP contribution in [0.3, 0.4) is 0 Å². The standard InChI is InChI=1S/C15H17FN4O/c1-19-13(10-17-18-19)9-15(21)20-7-3-6-14(20)11-4-2-5-12(16)8-11/h2,4-5,8,10,14H,3,6-7,9H2,1H3. The van der Waals surface area contributed by atoms with Gasteiger partial charge in [-0.2, -0.15) is 0 Å². The Morgan fingerprint density at radius 2 is 2.33 bits per heavy atom. The predicted molar refractivity (Wildman–Crippen MR) is 74.8 cm³/mol. The highest BCUT2D eigenvalue weighted by molar-refractivity contribution is 5.79. The van der Waals surface area contributed by atoms with Crippen molar-refractivity contribution >= 4 is 5.91 Å². The Balaban J connectivity index is 1.77. The van der Waals surface area contributed by atoms with Gasteiger partial charge in [0.25, 0.3) is 0 Å². The van der Waals surface area contributed by atoms with Gasteiger partial charge in [-0.05, 0) is 30.5 Å². The molecule has 0 aliphatic carbocycles. The van der Waals surface area contributed by atoms with Gasteiger partial charge in [-0.1, -0.05) is 17.3 Å². The molecule has 0 bridgehead atoms. The summed E-state index contributed by atoms with van der Waals surface area (Å²) in [6.07, 6.45) is 3.69. The molecule has 0 N–H and O–H groups in total. The summed E-state index contributed by atoms with van der Waals surface area (Å²) in [6.45, 7) is 0.714. The monoisotopic (exact) mass is 288 g/mol. The quantitative estimate of drug-likeness (QED) is 0.866. The van der Waals surface area contributed by atoms with E-state index in [9.17, 15) is 9.18 Å².